The number of aromatic nitrogens is 3. The van der Waals surface area contributed by atoms with Gasteiger partial charge in [0.1, 0.15) is 17.1 Å². The van der Waals surface area contributed by atoms with Crippen LogP contribution in [0.3, 0.4) is 0 Å². The van der Waals surface area contributed by atoms with Gasteiger partial charge in [0.15, 0.2) is 5.69 Å². The summed E-state index contributed by atoms with van der Waals surface area (Å²) in [4.78, 5) is 42.4. The van der Waals surface area contributed by atoms with Gasteiger partial charge in [-0.1, -0.05) is 12.1 Å². The fraction of sp³-hybridized carbons (Fsp3) is 0.238. The average molecular weight is 490 g/mol. The van der Waals surface area contributed by atoms with Crippen molar-refractivity contribution in [1.82, 2.24) is 14.8 Å². The number of rotatable bonds is 6. The van der Waals surface area contributed by atoms with E-state index < -0.39 is 35.6 Å². The van der Waals surface area contributed by atoms with Gasteiger partial charge in [0.2, 0.25) is 12.0 Å². The third-order valence-electron chi connectivity index (χ3n) is 5.21. The maximum atomic E-state index is 13.3. The van der Waals surface area contributed by atoms with Gasteiger partial charge < -0.3 is 14.8 Å². The average Bonchev–Trinajstić information content (AvgIpc) is 3.27. The molecule has 2 amide bonds. The van der Waals surface area contributed by atoms with E-state index >= 15 is 0 Å². The number of carbonyl (C=O) groups excluding carboxylic acids is 2. The van der Waals surface area contributed by atoms with Gasteiger partial charge in [-0.05, 0) is 29.4 Å². The van der Waals surface area contributed by atoms with Crippen molar-refractivity contribution in [2.24, 2.45) is 5.18 Å². The van der Waals surface area contributed by atoms with E-state index in [1.807, 2.05) is 0 Å². The molecule has 1 aliphatic heterocycles. The molecule has 4 rings (SSSR count). The first-order valence-corrected chi connectivity index (χ1v) is 9.98. The monoisotopic (exact) mass is 490 g/mol. The first-order valence-electron chi connectivity index (χ1n) is 9.98. The number of ether oxygens (including phenoxy) is 2. The number of alkyl halides is 3. The lowest BCUT2D eigenvalue weighted by molar-refractivity contribution is -0.139. The van der Waals surface area contributed by atoms with E-state index in [4.69, 9.17) is 9.47 Å². The van der Waals surface area contributed by atoms with Crippen molar-refractivity contribution in [1.29, 1.82) is 0 Å². The van der Waals surface area contributed by atoms with Crippen LogP contribution in [0.15, 0.2) is 47.8 Å². The molecule has 3 heterocycles. The minimum absolute atomic E-state index is 0.0388. The molecule has 1 N–H and O–H groups in total. The topological polar surface area (TPSA) is 128 Å². The number of amides is 2. The minimum atomic E-state index is -4.73. The molecule has 0 bridgehead atoms. The van der Waals surface area contributed by atoms with Crippen LogP contribution in [-0.4, -0.2) is 47.3 Å². The molecule has 11 nitrogen and oxygen atoms in total. The van der Waals surface area contributed by atoms with Gasteiger partial charge >= 0.3 is 6.18 Å². The number of nitroso groups, excluding NO2 is 1. The molecule has 0 fully saturated rings. The number of hydrogen-bond acceptors (Lipinski definition) is 8. The van der Waals surface area contributed by atoms with Crippen LogP contribution in [0.25, 0.3) is 0 Å². The number of pyridine rings is 1. The molecule has 0 saturated heterocycles. The smallest absolute Gasteiger partial charge is 0.421 e. The first-order chi connectivity index (χ1) is 16.7. The molecule has 0 radical (unpaired) electrons. The van der Waals surface area contributed by atoms with Crippen LogP contribution < -0.4 is 19.7 Å². The predicted octanol–water partition coefficient (Wildman–Crippen LogP) is 3.49. The van der Waals surface area contributed by atoms with E-state index in [-0.39, 0.29) is 35.1 Å². The highest BCUT2D eigenvalue weighted by atomic mass is 19.4. The third kappa shape index (κ3) is 4.25. The first kappa shape index (κ1) is 23.7. The van der Waals surface area contributed by atoms with E-state index in [1.165, 1.54) is 19.4 Å². The van der Waals surface area contributed by atoms with Crippen LogP contribution in [0, 0.1) is 4.91 Å². The highest BCUT2D eigenvalue weighted by molar-refractivity contribution is 6.13. The lowest BCUT2D eigenvalue weighted by Gasteiger charge is -2.30. The van der Waals surface area contributed by atoms with Gasteiger partial charge in [-0.25, -0.2) is 4.68 Å². The largest absolute Gasteiger partial charge is 0.496 e. The van der Waals surface area contributed by atoms with Gasteiger partial charge in [0.25, 0.3) is 11.8 Å². The standard InChI is InChI=1S/C21H17F3N6O5/c1-34-14-6-4-3-5-11(14)18(31)26-13-9-25-30-16(28-33)10-29(20(32)17(13)30)15-8-7-12(21(22,23)24)19(27-15)35-2/h3-9,16H,10H2,1-2H3,(H,26,31)/t16-/m1/s1. The molecule has 0 aliphatic carbocycles. The Morgan fingerprint density at radius 1 is 1.17 bits per heavy atom. The molecule has 1 aromatic carbocycles. The van der Waals surface area contributed by atoms with Crippen molar-refractivity contribution in [3.63, 3.8) is 0 Å². The van der Waals surface area contributed by atoms with Crippen molar-refractivity contribution in [3.8, 4) is 11.6 Å². The number of fused-ring (bicyclic) bond motifs is 1. The summed E-state index contributed by atoms with van der Waals surface area (Å²) in [6, 6.07) is 8.06. The van der Waals surface area contributed by atoms with Crippen LogP contribution in [-0.2, 0) is 6.18 Å². The van der Waals surface area contributed by atoms with Crippen LogP contribution in [0.4, 0.5) is 24.7 Å². The van der Waals surface area contributed by atoms with E-state index in [1.54, 1.807) is 18.2 Å². The number of methoxy groups -OCH3 is 2. The van der Waals surface area contributed by atoms with Crippen molar-refractivity contribution in [2.45, 2.75) is 12.3 Å². The van der Waals surface area contributed by atoms with Crippen LogP contribution in [0.2, 0.25) is 0 Å². The zero-order chi connectivity index (χ0) is 25.3. The highest BCUT2D eigenvalue weighted by Crippen LogP contribution is 2.37. The zero-order valence-corrected chi connectivity index (χ0v) is 18.2. The summed E-state index contributed by atoms with van der Waals surface area (Å²) in [5.74, 6) is -2.06. The molecule has 1 aliphatic rings. The number of halogens is 3. The van der Waals surface area contributed by atoms with Gasteiger partial charge in [-0.2, -0.15) is 23.3 Å². The third-order valence-corrected chi connectivity index (χ3v) is 5.21. The molecule has 1 atom stereocenters. The van der Waals surface area contributed by atoms with Crippen LogP contribution in [0.1, 0.15) is 32.6 Å². The summed E-state index contributed by atoms with van der Waals surface area (Å²) in [7, 11) is 2.40. The number of nitrogens with one attached hydrogen (secondary N) is 1. The molecule has 14 heteroatoms. The molecule has 2 aromatic heterocycles. The van der Waals surface area contributed by atoms with Crippen molar-refractivity contribution in [3.05, 3.63) is 64.3 Å². The van der Waals surface area contributed by atoms with E-state index in [9.17, 15) is 27.7 Å². The molecule has 182 valence electrons. The fourth-order valence-electron chi connectivity index (χ4n) is 3.59. The number of hydrogen-bond donors (Lipinski definition) is 1. The molecular weight excluding hydrogens is 473 g/mol. The number of benzene rings is 1. The number of nitrogens with zero attached hydrogens (tertiary/aromatic N) is 5. The Morgan fingerprint density at radius 2 is 1.91 bits per heavy atom. The number of anilines is 2. The number of para-hydroxylation sites is 1. The second kappa shape index (κ2) is 9.04. The molecular formula is C21H17F3N6O5. The Balaban J connectivity index is 1.71. The second-order valence-electron chi connectivity index (χ2n) is 7.23. The Kier molecular flexibility index (Phi) is 6.11. The van der Waals surface area contributed by atoms with Crippen molar-refractivity contribution < 1.29 is 32.2 Å². The predicted molar refractivity (Wildman–Crippen MR) is 115 cm³/mol. The van der Waals surface area contributed by atoms with Crippen LogP contribution in [0.5, 0.6) is 11.6 Å². The Bertz CT molecular complexity index is 1310. The normalized spacial score (nSPS) is 15.4. The molecule has 35 heavy (non-hydrogen) atoms. The summed E-state index contributed by atoms with van der Waals surface area (Å²) in [6.45, 7) is -0.349. The maximum absolute atomic E-state index is 13.3. The minimum Gasteiger partial charge on any atom is -0.496 e. The SMILES string of the molecule is COc1ccccc1C(=O)Nc1cnn2c1C(=O)N(c1ccc(C(F)(F)F)c(OC)n1)C[C@@H]2N=O. The van der Waals surface area contributed by atoms with Gasteiger partial charge in [-0.3, -0.25) is 14.5 Å². The highest BCUT2D eigenvalue weighted by Gasteiger charge is 2.39. The number of carbonyl (C=O) groups is 2. The zero-order valence-electron chi connectivity index (χ0n) is 18.2. The van der Waals surface area contributed by atoms with Gasteiger partial charge in [0.05, 0.1) is 38.2 Å². The van der Waals surface area contributed by atoms with E-state index in [0.29, 0.717) is 6.07 Å². The van der Waals surface area contributed by atoms with Gasteiger partial charge in [0, 0.05) is 0 Å². The molecule has 0 saturated carbocycles. The Hall–Kier alpha value is -4.49. The molecule has 0 spiro atoms. The molecule has 0 unspecified atom stereocenters. The summed E-state index contributed by atoms with van der Waals surface area (Å²) < 4.78 is 50.6. The quantitative estimate of drug-likeness (QED) is 0.524. The van der Waals surface area contributed by atoms with Crippen LogP contribution >= 0.6 is 0 Å². The fourth-order valence-corrected chi connectivity index (χ4v) is 3.59. The summed E-state index contributed by atoms with van der Waals surface area (Å²) in [6.07, 6.45) is -4.79. The maximum Gasteiger partial charge on any atom is 0.421 e. The second-order valence-corrected chi connectivity index (χ2v) is 7.23. The van der Waals surface area contributed by atoms with Crippen molar-refractivity contribution in [2.75, 3.05) is 31.0 Å². The lowest BCUT2D eigenvalue weighted by atomic mass is 10.1. The lowest BCUT2D eigenvalue weighted by Crippen LogP contribution is -2.43. The Labute approximate surface area is 195 Å². The summed E-state index contributed by atoms with van der Waals surface area (Å²) in [5.41, 5.74) is -1.20. The summed E-state index contributed by atoms with van der Waals surface area (Å²) in [5, 5.41) is 9.51. The Morgan fingerprint density at radius 3 is 2.57 bits per heavy atom. The van der Waals surface area contributed by atoms with Gasteiger partial charge in [-0.15, -0.1) is 4.91 Å². The van der Waals surface area contributed by atoms with E-state index in [0.717, 1.165) is 22.8 Å². The van der Waals surface area contributed by atoms with E-state index in [2.05, 4.69) is 20.6 Å². The summed E-state index contributed by atoms with van der Waals surface area (Å²) >= 11 is 0. The van der Waals surface area contributed by atoms with Crippen molar-refractivity contribution >= 4 is 23.3 Å². The molecule has 3 aromatic rings.